The quantitative estimate of drug-likeness (QED) is 0.720. The molecular formula is C22H28FN3O2. The van der Waals surface area contributed by atoms with E-state index in [1.54, 1.807) is 6.07 Å². The summed E-state index contributed by atoms with van der Waals surface area (Å²) in [7, 11) is 0. The third-order valence-corrected chi connectivity index (χ3v) is 4.62. The molecule has 0 unspecified atom stereocenters. The van der Waals surface area contributed by atoms with Crippen LogP contribution in [0.25, 0.3) is 0 Å². The van der Waals surface area contributed by atoms with Gasteiger partial charge in [0.2, 0.25) is 5.91 Å². The van der Waals surface area contributed by atoms with Gasteiger partial charge in [0.25, 0.3) is 5.91 Å². The van der Waals surface area contributed by atoms with Crippen LogP contribution in [0.2, 0.25) is 0 Å². The number of hydrogen-bond acceptors (Lipinski definition) is 3. The maximum Gasteiger partial charge on any atom is 0.254 e. The molecule has 0 aromatic heterocycles. The van der Waals surface area contributed by atoms with Crippen LogP contribution in [0.15, 0.2) is 48.5 Å². The van der Waals surface area contributed by atoms with Gasteiger partial charge in [-0.2, -0.15) is 0 Å². The third kappa shape index (κ3) is 5.31. The number of nitrogens with one attached hydrogen (secondary N) is 2. The zero-order valence-corrected chi connectivity index (χ0v) is 16.8. The number of anilines is 2. The molecule has 0 aliphatic heterocycles. The van der Waals surface area contributed by atoms with Gasteiger partial charge in [-0.3, -0.25) is 9.59 Å². The molecular weight excluding hydrogens is 357 g/mol. The van der Waals surface area contributed by atoms with Crippen molar-refractivity contribution in [3.8, 4) is 0 Å². The highest BCUT2D eigenvalue weighted by Crippen LogP contribution is 2.18. The van der Waals surface area contributed by atoms with Gasteiger partial charge in [-0.25, -0.2) is 4.39 Å². The van der Waals surface area contributed by atoms with Gasteiger partial charge in [0.1, 0.15) is 11.9 Å². The first kappa shape index (κ1) is 21.4. The Morgan fingerprint density at radius 1 is 1.00 bits per heavy atom. The Bertz CT molecular complexity index is 802. The largest absolute Gasteiger partial charge is 0.372 e. The monoisotopic (exact) mass is 385 g/mol. The SMILES string of the molecule is CCN(CC)c1ccc(NC(=O)[C@@H](NC(=O)c2ccccc2F)C(C)C)cc1. The fourth-order valence-corrected chi connectivity index (χ4v) is 2.96. The Morgan fingerprint density at radius 2 is 1.61 bits per heavy atom. The summed E-state index contributed by atoms with van der Waals surface area (Å²) in [5.74, 6) is -1.72. The molecule has 0 fully saturated rings. The van der Waals surface area contributed by atoms with E-state index < -0.39 is 17.8 Å². The lowest BCUT2D eigenvalue weighted by Crippen LogP contribution is -2.47. The molecule has 0 aliphatic carbocycles. The van der Waals surface area contributed by atoms with Crippen LogP contribution in [0.1, 0.15) is 38.1 Å². The summed E-state index contributed by atoms with van der Waals surface area (Å²) < 4.78 is 13.8. The molecule has 0 bridgehead atoms. The average Bonchev–Trinajstić information content (AvgIpc) is 2.68. The van der Waals surface area contributed by atoms with E-state index in [0.29, 0.717) is 5.69 Å². The predicted octanol–water partition coefficient (Wildman–Crippen LogP) is 4.07. The summed E-state index contributed by atoms with van der Waals surface area (Å²) in [5.41, 5.74) is 1.65. The van der Waals surface area contributed by atoms with Crippen molar-refractivity contribution < 1.29 is 14.0 Å². The van der Waals surface area contributed by atoms with E-state index in [2.05, 4.69) is 29.4 Å². The number of carbonyl (C=O) groups is 2. The number of amides is 2. The molecule has 0 saturated carbocycles. The van der Waals surface area contributed by atoms with Crippen molar-refractivity contribution in [2.24, 2.45) is 5.92 Å². The van der Waals surface area contributed by atoms with Crippen molar-refractivity contribution in [2.75, 3.05) is 23.3 Å². The van der Waals surface area contributed by atoms with Gasteiger partial charge in [-0.1, -0.05) is 26.0 Å². The smallest absolute Gasteiger partial charge is 0.254 e. The summed E-state index contributed by atoms with van der Waals surface area (Å²) >= 11 is 0. The standard InChI is InChI=1S/C22H28FN3O2/c1-5-26(6-2)17-13-11-16(12-14-17)24-22(28)20(15(3)4)25-21(27)18-9-7-8-10-19(18)23/h7-15,20H,5-6H2,1-4H3,(H,24,28)(H,25,27)/t20-/m0/s1. The van der Waals surface area contributed by atoms with Gasteiger partial charge in [-0.05, 0) is 56.2 Å². The van der Waals surface area contributed by atoms with Gasteiger partial charge >= 0.3 is 0 Å². The number of rotatable bonds is 8. The minimum Gasteiger partial charge on any atom is -0.372 e. The second-order valence-electron chi connectivity index (χ2n) is 6.88. The molecule has 2 aromatic carbocycles. The van der Waals surface area contributed by atoms with E-state index >= 15 is 0 Å². The van der Waals surface area contributed by atoms with Gasteiger partial charge < -0.3 is 15.5 Å². The summed E-state index contributed by atoms with van der Waals surface area (Å²) in [6, 6.07) is 12.5. The normalized spacial score (nSPS) is 11.8. The van der Waals surface area contributed by atoms with Crippen molar-refractivity contribution in [1.29, 1.82) is 0 Å². The lowest BCUT2D eigenvalue weighted by molar-refractivity contribution is -0.118. The molecule has 0 heterocycles. The van der Waals surface area contributed by atoms with Crippen LogP contribution in [-0.2, 0) is 4.79 Å². The maximum absolute atomic E-state index is 13.8. The molecule has 2 amide bonds. The van der Waals surface area contributed by atoms with Crippen LogP contribution >= 0.6 is 0 Å². The Kier molecular flexibility index (Phi) is 7.55. The first-order valence-corrected chi connectivity index (χ1v) is 9.58. The summed E-state index contributed by atoms with van der Waals surface area (Å²) in [6.45, 7) is 9.64. The van der Waals surface area contributed by atoms with Crippen molar-refractivity contribution >= 4 is 23.2 Å². The lowest BCUT2D eigenvalue weighted by atomic mass is 10.0. The Labute approximate surface area is 165 Å². The summed E-state index contributed by atoms with van der Waals surface area (Å²) in [4.78, 5) is 27.3. The summed E-state index contributed by atoms with van der Waals surface area (Å²) in [6.07, 6.45) is 0. The fourth-order valence-electron chi connectivity index (χ4n) is 2.96. The topological polar surface area (TPSA) is 61.4 Å². The first-order valence-electron chi connectivity index (χ1n) is 9.58. The Balaban J connectivity index is 2.09. The predicted molar refractivity (Wildman–Crippen MR) is 111 cm³/mol. The van der Waals surface area contributed by atoms with Crippen LogP contribution in [-0.4, -0.2) is 30.9 Å². The van der Waals surface area contributed by atoms with E-state index in [1.807, 2.05) is 38.1 Å². The van der Waals surface area contributed by atoms with Crippen molar-refractivity contribution in [3.05, 3.63) is 59.9 Å². The van der Waals surface area contributed by atoms with Crippen molar-refractivity contribution in [3.63, 3.8) is 0 Å². The molecule has 28 heavy (non-hydrogen) atoms. The number of nitrogens with zero attached hydrogens (tertiary/aromatic N) is 1. The second kappa shape index (κ2) is 9.88. The molecule has 5 nitrogen and oxygen atoms in total. The number of halogens is 1. The van der Waals surface area contributed by atoms with E-state index in [9.17, 15) is 14.0 Å². The summed E-state index contributed by atoms with van der Waals surface area (Å²) in [5, 5.41) is 5.47. The Morgan fingerprint density at radius 3 is 2.14 bits per heavy atom. The van der Waals surface area contributed by atoms with Gasteiger partial charge in [0.15, 0.2) is 0 Å². The van der Waals surface area contributed by atoms with Gasteiger partial charge in [0.05, 0.1) is 5.56 Å². The van der Waals surface area contributed by atoms with Gasteiger partial charge in [0, 0.05) is 24.5 Å². The van der Waals surface area contributed by atoms with Crippen LogP contribution in [0.5, 0.6) is 0 Å². The molecule has 1 atom stereocenters. The van der Waals surface area contributed by atoms with Crippen molar-refractivity contribution in [1.82, 2.24) is 5.32 Å². The highest BCUT2D eigenvalue weighted by Gasteiger charge is 2.25. The lowest BCUT2D eigenvalue weighted by Gasteiger charge is -2.23. The molecule has 0 radical (unpaired) electrons. The molecule has 0 spiro atoms. The minimum atomic E-state index is -0.783. The third-order valence-electron chi connectivity index (χ3n) is 4.62. The number of hydrogen-bond donors (Lipinski definition) is 2. The van der Waals surface area contributed by atoms with E-state index in [1.165, 1.54) is 18.2 Å². The number of benzene rings is 2. The molecule has 6 heteroatoms. The zero-order chi connectivity index (χ0) is 20.7. The van der Waals surface area contributed by atoms with Crippen LogP contribution in [0.4, 0.5) is 15.8 Å². The average molecular weight is 385 g/mol. The van der Waals surface area contributed by atoms with Crippen LogP contribution < -0.4 is 15.5 Å². The highest BCUT2D eigenvalue weighted by atomic mass is 19.1. The molecule has 0 aliphatic rings. The van der Waals surface area contributed by atoms with Crippen molar-refractivity contribution in [2.45, 2.75) is 33.7 Å². The van der Waals surface area contributed by atoms with Gasteiger partial charge in [-0.15, -0.1) is 0 Å². The fraction of sp³-hybridized carbons (Fsp3) is 0.364. The molecule has 2 rings (SSSR count). The van der Waals surface area contributed by atoms with E-state index in [0.717, 1.165) is 18.8 Å². The molecule has 150 valence electrons. The van der Waals surface area contributed by atoms with E-state index in [4.69, 9.17) is 0 Å². The number of carbonyl (C=O) groups excluding carboxylic acids is 2. The molecule has 0 saturated heterocycles. The maximum atomic E-state index is 13.8. The highest BCUT2D eigenvalue weighted by molar-refractivity contribution is 6.01. The second-order valence-corrected chi connectivity index (χ2v) is 6.88. The Hall–Kier alpha value is -2.89. The van der Waals surface area contributed by atoms with Crippen LogP contribution in [0.3, 0.4) is 0 Å². The van der Waals surface area contributed by atoms with Crippen LogP contribution in [0, 0.1) is 11.7 Å². The van der Waals surface area contributed by atoms with E-state index in [-0.39, 0.29) is 17.4 Å². The molecule has 2 aromatic rings. The zero-order valence-electron chi connectivity index (χ0n) is 16.8. The molecule has 2 N–H and O–H groups in total. The first-order chi connectivity index (χ1) is 13.4. The minimum absolute atomic E-state index is 0.0791.